The number of primary amides is 1. The Bertz CT molecular complexity index is 726. The summed E-state index contributed by atoms with van der Waals surface area (Å²) in [7, 11) is 0. The minimum Gasteiger partial charge on any atom is -0.445 e. The second kappa shape index (κ2) is 12.7. The van der Waals surface area contributed by atoms with Gasteiger partial charge in [0.05, 0.1) is 13.1 Å². The molecule has 1 rings (SSSR count). The summed E-state index contributed by atoms with van der Waals surface area (Å²) in [5.41, 5.74) is 7.66. The Morgan fingerprint density at radius 2 is 1.62 bits per heavy atom. The number of alkyl carbamates (subject to hydrolysis) is 1. The van der Waals surface area contributed by atoms with E-state index in [-0.39, 0.29) is 26.0 Å². The SMILES string of the molecule is NNC(=O)CNC(=O)CNC(=O)[C@H](CCC(N)=O)NC(=O)OCc1ccccc1. The van der Waals surface area contributed by atoms with Crippen LogP contribution < -0.4 is 33.0 Å². The van der Waals surface area contributed by atoms with Crippen LogP contribution in [0, 0.1) is 0 Å². The number of hydrogen-bond donors (Lipinski definition) is 6. The van der Waals surface area contributed by atoms with Gasteiger partial charge in [0.15, 0.2) is 0 Å². The molecule has 0 aliphatic carbocycles. The molecule has 29 heavy (non-hydrogen) atoms. The summed E-state index contributed by atoms with van der Waals surface area (Å²) >= 11 is 0. The summed E-state index contributed by atoms with van der Waals surface area (Å²) in [5, 5.41) is 6.85. The number of nitrogens with two attached hydrogens (primary N) is 2. The van der Waals surface area contributed by atoms with Crippen LogP contribution in [0.2, 0.25) is 0 Å². The Morgan fingerprint density at radius 3 is 2.24 bits per heavy atom. The van der Waals surface area contributed by atoms with Crippen molar-refractivity contribution in [2.24, 2.45) is 11.6 Å². The molecule has 5 amide bonds. The van der Waals surface area contributed by atoms with Crippen molar-refractivity contribution in [1.82, 2.24) is 21.4 Å². The predicted octanol–water partition coefficient (Wildman–Crippen LogP) is -2.23. The molecule has 1 aromatic rings. The van der Waals surface area contributed by atoms with Crippen LogP contribution in [-0.4, -0.2) is 48.9 Å². The van der Waals surface area contributed by atoms with E-state index in [1.165, 1.54) is 0 Å². The van der Waals surface area contributed by atoms with Crippen molar-refractivity contribution in [3.63, 3.8) is 0 Å². The summed E-state index contributed by atoms with van der Waals surface area (Å²) in [6, 6.07) is 7.74. The summed E-state index contributed by atoms with van der Waals surface area (Å²) in [5.74, 6) is 2.23. The number of nitrogens with one attached hydrogen (secondary N) is 4. The standard InChI is InChI=1S/C17H24N6O6/c18-13(24)7-6-12(16(27)21-8-14(25)20-9-15(26)23-19)22-17(28)29-10-11-4-2-1-3-5-11/h1-5,12H,6-10,19H2,(H2,18,24)(H,20,25)(H,21,27)(H,22,28)(H,23,26)/t12-/m0/s1. The molecule has 0 aliphatic rings. The van der Waals surface area contributed by atoms with E-state index in [0.717, 1.165) is 5.56 Å². The molecule has 0 spiro atoms. The van der Waals surface area contributed by atoms with Crippen molar-refractivity contribution in [3.05, 3.63) is 35.9 Å². The molecule has 1 atom stereocenters. The van der Waals surface area contributed by atoms with Crippen LogP contribution in [0.25, 0.3) is 0 Å². The van der Waals surface area contributed by atoms with Gasteiger partial charge in [0.1, 0.15) is 12.6 Å². The Morgan fingerprint density at radius 1 is 0.966 bits per heavy atom. The van der Waals surface area contributed by atoms with Crippen LogP contribution in [0.4, 0.5) is 4.79 Å². The van der Waals surface area contributed by atoms with Crippen molar-refractivity contribution in [3.8, 4) is 0 Å². The van der Waals surface area contributed by atoms with Gasteiger partial charge in [0.25, 0.3) is 5.91 Å². The fourth-order valence-electron chi connectivity index (χ4n) is 2.05. The lowest BCUT2D eigenvalue weighted by molar-refractivity contribution is -0.128. The third kappa shape index (κ3) is 10.3. The van der Waals surface area contributed by atoms with Crippen molar-refractivity contribution in [2.75, 3.05) is 13.1 Å². The molecule has 0 unspecified atom stereocenters. The van der Waals surface area contributed by atoms with Crippen LogP contribution in [-0.2, 0) is 30.5 Å². The number of ether oxygens (including phenoxy) is 1. The summed E-state index contributed by atoms with van der Waals surface area (Å²) in [4.78, 5) is 57.8. The molecule has 0 heterocycles. The molecule has 8 N–H and O–H groups in total. The number of carbonyl (C=O) groups excluding carboxylic acids is 5. The molecule has 0 saturated heterocycles. The van der Waals surface area contributed by atoms with Gasteiger partial charge in [-0.05, 0) is 12.0 Å². The summed E-state index contributed by atoms with van der Waals surface area (Å²) in [6.45, 7) is -0.826. The Balaban J connectivity index is 2.53. The molecular weight excluding hydrogens is 384 g/mol. The maximum atomic E-state index is 12.3. The van der Waals surface area contributed by atoms with E-state index in [0.29, 0.717) is 0 Å². The van der Waals surface area contributed by atoms with Gasteiger partial charge >= 0.3 is 6.09 Å². The Kier molecular flexibility index (Phi) is 10.2. The zero-order valence-corrected chi connectivity index (χ0v) is 15.6. The smallest absolute Gasteiger partial charge is 0.408 e. The lowest BCUT2D eigenvalue weighted by atomic mass is 10.1. The number of amides is 5. The predicted molar refractivity (Wildman–Crippen MR) is 100 cm³/mol. The molecule has 0 aromatic heterocycles. The molecule has 0 saturated carbocycles. The van der Waals surface area contributed by atoms with E-state index < -0.39 is 42.3 Å². The molecule has 0 radical (unpaired) electrons. The summed E-state index contributed by atoms with van der Waals surface area (Å²) < 4.78 is 5.04. The third-order valence-electron chi connectivity index (χ3n) is 3.53. The molecule has 12 heteroatoms. The zero-order chi connectivity index (χ0) is 21.6. The number of hydrazine groups is 1. The molecule has 0 aliphatic heterocycles. The average Bonchev–Trinajstić information content (AvgIpc) is 2.72. The van der Waals surface area contributed by atoms with Gasteiger partial charge in [0.2, 0.25) is 17.7 Å². The van der Waals surface area contributed by atoms with E-state index in [9.17, 15) is 24.0 Å². The van der Waals surface area contributed by atoms with Crippen molar-refractivity contribution in [1.29, 1.82) is 0 Å². The molecule has 0 fully saturated rings. The Labute approximate surface area is 166 Å². The first kappa shape index (κ1) is 23.4. The minimum absolute atomic E-state index is 0.0115. The molecule has 0 bridgehead atoms. The first-order valence-corrected chi connectivity index (χ1v) is 8.61. The second-order valence-electron chi connectivity index (χ2n) is 5.83. The quantitative estimate of drug-likeness (QED) is 0.135. The van der Waals surface area contributed by atoms with E-state index in [2.05, 4.69) is 16.0 Å². The van der Waals surface area contributed by atoms with E-state index in [4.69, 9.17) is 16.3 Å². The fraction of sp³-hybridized carbons (Fsp3) is 0.353. The topological polar surface area (TPSA) is 195 Å². The zero-order valence-electron chi connectivity index (χ0n) is 15.6. The van der Waals surface area contributed by atoms with Crippen LogP contribution in [0.15, 0.2) is 30.3 Å². The Hall–Kier alpha value is -3.67. The van der Waals surface area contributed by atoms with Gasteiger partial charge in [-0.1, -0.05) is 30.3 Å². The van der Waals surface area contributed by atoms with Crippen LogP contribution >= 0.6 is 0 Å². The fourth-order valence-corrected chi connectivity index (χ4v) is 2.05. The average molecular weight is 408 g/mol. The van der Waals surface area contributed by atoms with Crippen LogP contribution in [0.5, 0.6) is 0 Å². The third-order valence-corrected chi connectivity index (χ3v) is 3.53. The summed E-state index contributed by atoms with van der Waals surface area (Å²) in [6.07, 6.45) is -1.12. The number of carbonyl (C=O) groups is 5. The highest BCUT2D eigenvalue weighted by Crippen LogP contribution is 2.02. The second-order valence-corrected chi connectivity index (χ2v) is 5.83. The van der Waals surface area contributed by atoms with E-state index in [1.54, 1.807) is 24.3 Å². The molecule has 12 nitrogen and oxygen atoms in total. The van der Waals surface area contributed by atoms with E-state index in [1.807, 2.05) is 11.5 Å². The normalized spacial score (nSPS) is 10.9. The van der Waals surface area contributed by atoms with Gasteiger partial charge in [-0.15, -0.1) is 0 Å². The maximum absolute atomic E-state index is 12.3. The highest BCUT2D eigenvalue weighted by atomic mass is 16.5. The number of hydrogen-bond acceptors (Lipinski definition) is 7. The first-order valence-electron chi connectivity index (χ1n) is 8.61. The van der Waals surface area contributed by atoms with Gasteiger partial charge in [-0.3, -0.25) is 24.6 Å². The highest BCUT2D eigenvalue weighted by Gasteiger charge is 2.22. The lowest BCUT2D eigenvalue weighted by Gasteiger charge is -2.17. The van der Waals surface area contributed by atoms with Crippen molar-refractivity contribution < 1.29 is 28.7 Å². The molecular formula is C17H24N6O6. The maximum Gasteiger partial charge on any atom is 0.408 e. The first-order chi connectivity index (χ1) is 13.8. The van der Waals surface area contributed by atoms with Crippen LogP contribution in [0.1, 0.15) is 18.4 Å². The van der Waals surface area contributed by atoms with Gasteiger partial charge in [0, 0.05) is 6.42 Å². The largest absolute Gasteiger partial charge is 0.445 e. The number of benzene rings is 1. The van der Waals surface area contributed by atoms with E-state index >= 15 is 0 Å². The van der Waals surface area contributed by atoms with Crippen LogP contribution in [0.3, 0.4) is 0 Å². The monoisotopic (exact) mass is 408 g/mol. The van der Waals surface area contributed by atoms with Crippen molar-refractivity contribution in [2.45, 2.75) is 25.5 Å². The van der Waals surface area contributed by atoms with Crippen molar-refractivity contribution >= 4 is 29.7 Å². The van der Waals surface area contributed by atoms with Gasteiger partial charge in [-0.2, -0.15) is 0 Å². The minimum atomic E-state index is -1.15. The van der Waals surface area contributed by atoms with Gasteiger partial charge < -0.3 is 26.4 Å². The molecule has 158 valence electrons. The molecule has 1 aromatic carbocycles. The highest BCUT2D eigenvalue weighted by molar-refractivity contribution is 5.91. The van der Waals surface area contributed by atoms with Gasteiger partial charge in [-0.25, -0.2) is 10.6 Å². The lowest BCUT2D eigenvalue weighted by Crippen LogP contribution is -2.50. The number of rotatable bonds is 11.